The quantitative estimate of drug-likeness (QED) is 0.717. The summed E-state index contributed by atoms with van der Waals surface area (Å²) in [5.41, 5.74) is 0.904. The van der Waals surface area contributed by atoms with Gasteiger partial charge in [-0.15, -0.1) is 0 Å². The van der Waals surface area contributed by atoms with E-state index >= 15 is 0 Å². The van der Waals surface area contributed by atoms with Crippen molar-refractivity contribution in [2.24, 2.45) is 5.92 Å². The van der Waals surface area contributed by atoms with Crippen molar-refractivity contribution in [1.29, 1.82) is 0 Å². The van der Waals surface area contributed by atoms with Crippen LogP contribution in [0.15, 0.2) is 30.7 Å². The number of ether oxygens (including phenoxy) is 2. The number of aromatic nitrogens is 5. The van der Waals surface area contributed by atoms with E-state index in [9.17, 15) is 0 Å². The molecule has 9 heteroatoms. The number of hydrogen-bond acceptors (Lipinski definition) is 8. The van der Waals surface area contributed by atoms with Gasteiger partial charge in [0.15, 0.2) is 0 Å². The molecule has 3 aromatic rings. The number of nitrogens with one attached hydrogen (secondary N) is 1. The minimum Gasteiger partial charge on any atom is -0.477 e. The van der Waals surface area contributed by atoms with E-state index in [1.165, 1.54) is 6.33 Å². The van der Waals surface area contributed by atoms with Gasteiger partial charge in [-0.05, 0) is 12.1 Å². The summed E-state index contributed by atoms with van der Waals surface area (Å²) in [5.74, 6) is 2.81. The van der Waals surface area contributed by atoms with Gasteiger partial charge in [-0.25, -0.2) is 5.10 Å². The van der Waals surface area contributed by atoms with Crippen molar-refractivity contribution in [1.82, 2.24) is 25.1 Å². The van der Waals surface area contributed by atoms with Gasteiger partial charge in [0.25, 0.3) is 0 Å². The number of rotatable bonds is 5. The molecule has 1 N–H and O–H groups in total. The van der Waals surface area contributed by atoms with Gasteiger partial charge < -0.3 is 19.3 Å². The van der Waals surface area contributed by atoms with E-state index in [2.05, 4.69) is 30.0 Å². The third-order valence-corrected chi connectivity index (χ3v) is 5.00. The van der Waals surface area contributed by atoms with Crippen LogP contribution in [0.2, 0.25) is 0 Å². The minimum atomic E-state index is 0.440. The summed E-state index contributed by atoms with van der Waals surface area (Å²) in [6, 6.07) is 5.96. The van der Waals surface area contributed by atoms with Crippen molar-refractivity contribution >= 4 is 22.7 Å². The molecule has 140 valence electrons. The molecule has 5 rings (SSSR count). The van der Waals surface area contributed by atoms with Gasteiger partial charge >= 0.3 is 0 Å². The number of nitrogens with zero attached hydrogens (tertiary/aromatic N) is 6. The Morgan fingerprint density at radius 2 is 2.07 bits per heavy atom. The average Bonchev–Trinajstić information content (AvgIpc) is 3.21. The fourth-order valence-corrected chi connectivity index (χ4v) is 3.49. The van der Waals surface area contributed by atoms with Gasteiger partial charge in [0.05, 0.1) is 30.7 Å². The van der Waals surface area contributed by atoms with Crippen LogP contribution in [0.3, 0.4) is 0 Å². The second-order valence-electron chi connectivity index (χ2n) is 6.85. The molecule has 0 amide bonds. The molecular formula is C18H21N7O2. The Labute approximate surface area is 156 Å². The van der Waals surface area contributed by atoms with Crippen molar-refractivity contribution in [2.45, 2.75) is 0 Å². The Morgan fingerprint density at radius 1 is 1.19 bits per heavy atom. The molecule has 0 saturated carbocycles. The summed E-state index contributed by atoms with van der Waals surface area (Å²) >= 11 is 0. The molecule has 2 aliphatic heterocycles. The van der Waals surface area contributed by atoms with Gasteiger partial charge in [0, 0.05) is 44.4 Å². The number of morpholine rings is 1. The number of H-pyrrole nitrogens is 1. The molecule has 27 heavy (non-hydrogen) atoms. The Morgan fingerprint density at radius 3 is 2.89 bits per heavy atom. The van der Waals surface area contributed by atoms with Crippen LogP contribution in [0.1, 0.15) is 0 Å². The Kier molecular flexibility index (Phi) is 4.21. The molecular weight excluding hydrogens is 346 g/mol. The summed E-state index contributed by atoms with van der Waals surface area (Å²) in [6.07, 6.45) is 3.33. The number of pyridine rings is 2. The number of aromatic amines is 1. The van der Waals surface area contributed by atoms with Gasteiger partial charge in [0.1, 0.15) is 12.1 Å². The van der Waals surface area contributed by atoms with Crippen LogP contribution < -0.4 is 14.5 Å². The van der Waals surface area contributed by atoms with Crippen LogP contribution in [0.25, 0.3) is 10.9 Å². The predicted molar refractivity (Wildman–Crippen MR) is 100 cm³/mol. The second-order valence-corrected chi connectivity index (χ2v) is 6.85. The highest BCUT2D eigenvalue weighted by molar-refractivity contribution is 5.85. The molecule has 0 spiro atoms. The van der Waals surface area contributed by atoms with Crippen LogP contribution in [0.5, 0.6) is 5.88 Å². The highest BCUT2D eigenvalue weighted by Gasteiger charge is 2.29. The molecule has 0 aliphatic carbocycles. The second kappa shape index (κ2) is 6.99. The maximum Gasteiger partial charge on any atom is 0.224 e. The molecule has 2 saturated heterocycles. The van der Waals surface area contributed by atoms with Crippen molar-refractivity contribution in [3.05, 3.63) is 30.7 Å². The molecule has 2 fully saturated rings. The third kappa shape index (κ3) is 3.25. The lowest BCUT2D eigenvalue weighted by Crippen LogP contribution is -2.49. The van der Waals surface area contributed by atoms with Crippen LogP contribution >= 0.6 is 0 Å². The fourth-order valence-electron chi connectivity index (χ4n) is 3.49. The van der Waals surface area contributed by atoms with E-state index in [0.717, 1.165) is 62.1 Å². The van der Waals surface area contributed by atoms with Gasteiger partial charge in [0.2, 0.25) is 11.8 Å². The highest BCUT2D eigenvalue weighted by atomic mass is 16.5. The molecule has 5 heterocycles. The topological polar surface area (TPSA) is 92.3 Å². The Hall–Kier alpha value is -2.94. The van der Waals surface area contributed by atoms with Crippen molar-refractivity contribution in [3.8, 4) is 5.88 Å². The average molecular weight is 367 g/mol. The summed E-state index contributed by atoms with van der Waals surface area (Å²) in [5, 5.41) is 7.73. The van der Waals surface area contributed by atoms with Crippen LogP contribution in [0, 0.1) is 5.92 Å². The fraction of sp³-hybridized carbons (Fsp3) is 0.444. The van der Waals surface area contributed by atoms with Crippen LogP contribution in [-0.2, 0) is 4.74 Å². The highest BCUT2D eigenvalue weighted by Crippen LogP contribution is 2.29. The summed E-state index contributed by atoms with van der Waals surface area (Å²) in [7, 11) is 0. The molecule has 0 aromatic carbocycles. The molecule has 9 nitrogen and oxygen atoms in total. The zero-order valence-corrected chi connectivity index (χ0v) is 14.9. The predicted octanol–water partition coefficient (Wildman–Crippen LogP) is 1.10. The maximum absolute atomic E-state index is 6.14. The smallest absolute Gasteiger partial charge is 0.224 e. The minimum absolute atomic E-state index is 0.440. The zero-order chi connectivity index (χ0) is 18.1. The van der Waals surface area contributed by atoms with Crippen LogP contribution in [-0.4, -0.2) is 71.1 Å². The normalized spacial score (nSPS) is 17.9. The van der Waals surface area contributed by atoms with Gasteiger partial charge in [-0.2, -0.15) is 15.1 Å². The molecule has 0 atom stereocenters. The van der Waals surface area contributed by atoms with E-state index in [1.54, 1.807) is 6.20 Å². The first kappa shape index (κ1) is 16.2. The van der Waals surface area contributed by atoms with E-state index in [1.807, 2.05) is 18.2 Å². The first-order valence-electron chi connectivity index (χ1n) is 9.18. The molecule has 0 unspecified atom stereocenters. The number of fused-ring (bicyclic) bond motifs is 1. The lowest BCUT2D eigenvalue weighted by atomic mass is 10.0. The molecule has 0 radical (unpaired) electrons. The summed E-state index contributed by atoms with van der Waals surface area (Å²) < 4.78 is 11.6. The van der Waals surface area contributed by atoms with Crippen molar-refractivity contribution in [2.75, 3.05) is 55.8 Å². The van der Waals surface area contributed by atoms with E-state index < -0.39 is 0 Å². The van der Waals surface area contributed by atoms with E-state index in [4.69, 9.17) is 14.5 Å². The maximum atomic E-state index is 6.14. The Balaban J connectivity index is 1.31. The Bertz CT molecular complexity index is 905. The van der Waals surface area contributed by atoms with Crippen molar-refractivity contribution in [3.63, 3.8) is 0 Å². The lowest BCUT2D eigenvalue weighted by molar-refractivity contribution is 0.122. The standard InChI is InChI=1S/C18H21N7O2/c1-2-14-15(19-3-1)8-16(24-4-6-26-7-5-24)22-17(14)27-11-13-9-25(10-13)18-20-12-21-23-18/h1-3,8,12-13H,4-7,9-11H2,(H,20,21,23). The van der Waals surface area contributed by atoms with Crippen LogP contribution in [0.4, 0.5) is 11.8 Å². The summed E-state index contributed by atoms with van der Waals surface area (Å²) in [6.45, 7) is 5.52. The SMILES string of the molecule is c1cnc2cc(N3CCOCC3)nc(OCC3CN(c4ncn[nH]4)C3)c2c1. The molecule has 0 bridgehead atoms. The molecule has 2 aliphatic rings. The van der Waals surface area contributed by atoms with E-state index in [0.29, 0.717) is 18.4 Å². The monoisotopic (exact) mass is 367 g/mol. The summed E-state index contributed by atoms with van der Waals surface area (Å²) in [4.78, 5) is 17.8. The largest absolute Gasteiger partial charge is 0.477 e. The third-order valence-electron chi connectivity index (χ3n) is 5.00. The van der Waals surface area contributed by atoms with Gasteiger partial charge in [-0.1, -0.05) is 0 Å². The van der Waals surface area contributed by atoms with Crippen molar-refractivity contribution < 1.29 is 9.47 Å². The zero-order valence-electron chi connectivity index (χ0n) is 14.9. The van der Waals surface area contributed by atoms with E-state index in [-0.39, 0.29) is 0 Å². The first-order chi connectivity index (χ1) is 13.4. The number of anilines is 2. The van der Waals surface area contributed by atoms with Gasteiger partial charge in [-0.3, -0.25) is 4.98 Å². The molecule has 3 aromatic heterocycles. The first-order valence-corrected chi connectivity index (χ1v) is 9.18. The lowest BCUT2D eigenvalue weighted by Gasteiger charge is -2.38. The number of hydrogen-bond donors (Lipinski definition) is 1.